The molecule has 0 aliphatic heterocycles. The average molecular weight is 369 g/mol. The minimum Gasteiger partial charge on any atom is -0.484 e. The molecule has 27 heavy (non-hydrogen) atoms. The number of nitrogens with two attached hydrogens (primary N) is 1. The van der Waals surface area contributed by atoms with E-state index in [1.54, 1.807) is 6.92 Å². The number of ketones is 1. The lowest BCUT2D eigenvalue weighted by Crippen LogP contribution is -2.25. The van der Waals surface area contributed by atoms with E-state index in [-0.39, 0.29) is 18.0 Å². The molecule has 1 amide bonds. The molecule has 0 unspecified atom stereocenters. The first-order valence-corrected chi connectivity index (χ1v) is 8.53. The summed E-state index contributed by atoms with van der Waals surface area (Å²) in [6.07, 6.45) is -0.913. The van der Waals surface area contributed by atoms with Crippen molar-refractivity contribution in [1.29, 1.82) is 0 Å². The summed E-state index contributed by atoms with van der Waals surface area (Å²) in [7, 11) is 0. The predicted molar refractivity (Wildman–Crippen MR) is 101 cm³/mol. The highest BCUT2D eigenvalue weighted by Crippen LogP contribution is 2.19. The topological polar surface area (TPSA) is 95.7 Å². The Labute approximate surface area is 158 Å². The Bertz CT molecular complexity index is 871. The molecule has 6 nitrogen and oxygen atoms in total. The number of benzene rings is 2. The monoisotopic (exact) mass is 369 g/mol. The molecular formula is C21H23NO5. The highest BCUT2D eigenvalue weighted by molar-refractivity contribution is 6.02. The Morgan fingerprint density at radius 1 is 0.963 bits per heavy atom. The number of hydrogen-bond acceptors (Lipinski definition) is 5. The smallest absolute Gasteiger partial charge is 0.338 e. The Balaban J connectivity index is 2.05. The summed E-state index contributed by atoms with van der Waals surface area (Å²) < 4.78 is 10.4. The van der Waals surface area contributed by atoms with Gasteiger partial charge in [0.05, 0.1) is 5.56 Å². The molecule has 0 aromatic heterocycles. The molecule has 142 valence electrons. The zero-order valence-corrected chi connectivity index (χ0v) is 15.9. The maximum absolute atomic E-state index is 12.7. The van der Waals surface area contributed by atoms with E-state index in [9.17, 15) is 14.4 Å². The van der Waals surface area contributed by atoms with Crippen molar-refractivity contribution in [3.63, 3.8) is 0 Å². The molecule has 0 heterocycles. The van der Waals surface area contributed by atoms with Gasteiger partial charge in [-0.2, -0.15) is 0 Å². The van der Waals surface area contributed by atoms with Gasteiger partial charge in [0.15, 0.2) is 12.7 Å². The van der Waals surface area contributed by atoms with Crippen molar-refractivity contribution in [3.05, 3.63) is 64.2 Å². The molecule has 2 aromatic carbocycles. The van der Waals surface area contributed by atoms with Crippen LogP contribution in [0, 0.1) is 20.8 Å². The molecule has 0 saturated carbocycles. The van der Waals surface area contributed by atoms with Gasteiger partial charge in [0.25, 0.3) is 5.91 Å². The van der Waals surface area contributed by atoms with Crippen molar-refractivity contribution < 1.29 is 23.9 Å². The van der Waals surface area contributed by atoms with Crippen molar-refractivity contribution >= 4 is 17.7 Å². The van der Waals surface area contributed by atoms with Gasteiger partial charge in [-0.15, -0.1) is 0 Å². The van der Waals surface area contributed by atoms with Gasteiger partial charge in [0.2, 0.25) is 5.78 Å². The second kappa shape index (κ2) is 8.49. The second-order valence-electron chi connectivity index (χ2n) is 6.44. The van der Waals surface area contributed by atoms with E-state index in [0.717, 1.165) is 16.7 Å². The van der Waals surface area contributed by atoms with Gasteiger partial charge in [-0.25, -0.2) is 4.79 Å². The Morgan fingerprint density at radius 2 is 1.56 bits per heavy atom. The molecule has 0 saturated heterocycles. The summed E-state index contributed by atoms with van der Waals surface area (Å²) in [6.45, 7) is 7.09. The van der Waals surface area contributed by atoms with E-state index in [2.05, 4.69) is 0 Å². The van der Waals surface area contributed by atoms with Crippen LogP contribution in [0.25, 0.3) is 0 Å². The summed E-state index contributed by atoms with van der Waals surface area (Å²) in [5.74, 6) is -1.04. The van der Waals surface area contributed by atoms with E-state index < -0.39 is 18.0 Å². The molecule has 1 atom stereocenters. The minimum atomic E-state index is -0.913. The molecule has 0 radical (unpaired) electrons. The molecule has 2 rings (SSSR count). The van der Waals surface area contributed by atoms with E-state index in [4.69, 9.17) is 15.2 Å². The van der Waals surface area contributed by atoms with Gasteiger partial charge in [-0.3, -0.25) is 9.59 Å². The summed E-state index contributed by atoms with van der Waals surface area (Å²) >= 11 is 0. The molecule has 6 heteroatoms. The van der Waals surface area contributed by atoms with E-state index in [1.807, 2.05) is 32.9 Å². The summed E-state index contributed by atoms with van der Waals surface area (Å²) in [6, 6.07) is 9.82. The normalized spacial score (nSPS) is 11.6. The van der Waals surface area contributed by atoms with Gasteiger partial charge < -0.3 is 15.2 Å². The lowest BCUT2D eigenvalue weighted by molar-refractivity contribution is -0.119. The van der Waals surface area contributed by atoms with Crippen LogP contribution in [-0.4, -0.2) is 30.4 Å². The fraction of sp³-hybridized carbons (Fsp3) is 0.286. The number of rotatable bonds is 7. The van der Waals surface area contributed by atoms with Crippen molar-refractivity contribution in [1.82, 2.24) is 0 Å². The number of Topliss-reactive ketones (excluding diaryl/α,β-unsaturated/α-hetero) is 1. The van der Waals surface area contributed by atoms with Gasteiger partial charge in [0, 0.05) is 5.56 Å². The van der Waals surface area contributed by atoms with Crippen LogP contribution in [0.2, 0.25) is 0 Å². The maximum atomic E-state index is 12.7. The van der Waals surface area contributed by atoms with E-state index >= 15 is 0 Å². The maximum Gasteiger partial charge on any atom is 0.338 e. The number of aryl methyl sites for hydroxylation is 3. The molecule has 2 aromatic rings. The fourth-order valence-corrected chi connectivity index (χ4v) is 2.57. The third kappa shape index (κ3) is 5.17. The van der Waals surface area contributed by atoms with Gasteiger partial charge >= 0.3 is 5.97 Å². The van der Waals surface area contributed by atoms with Crippen LogP contribution in [0.5, 0.6) is 5.75 Å². The highest BCUT2D eigenvalue weighted by atomic mass is 16.5. The zero-order valence-electron chi connectivity index (χ0n) is 15.9. The zero-order chi connectivity index (χ0) is 20.1. The third-order valence-corrected chi connectivity index (χ3v) is 4.23. The quantitative estimate of drug-likeness (QED) is 0.598. The number of esters is 1. The van der Waals surface area contributed by atoms with Crippen LogP contribution < -0.4 is 10.5 Å². The van der Waals surface area contributed by atoms with E-state index in [0.29, 0.717) is 11.3 Å². The molecule has 0 aliphatic rings. The van der Waals surface area contributed by atoms with E-state index in [1.165, 1.54) is 24.3 Å². The first-order valence-electron chi connectivity index (χ1n) is 8.53. The number of ether oxygens (including phenoxy) is 2. The number of carbonyl (C=O) groups is 3. The van der Waals surface area contributed by atoms with Crippen LogP contribution in [0.15, 0.2) is 36.4 Å². The highest BCUT2D eigenvalue weighted by Gasteiger charge is 2.22. The second-order valence-corrected chi connectivity index (χ2v) is 6.44. The summed E-state index contributed by atoms with van der Waals surface area (Å²) in [5.41, 5.74) is 8.79. The summed E-state index contributed by atoms with van der Waals surface area (Å²) in [4.78, 5) is 35.6. The fourth-order valence-electron chi connectivity index (χ4n) is 2.57. The number of hydrogen-bond donors (Lipinski definition) is 1. The minimum absolute atomic E-state index is 0.245. The van der Waals surface area contributed by atoms with Gasteiger partial charge in [0.1, 0.15) is 5.75 Å². The van der Waals surface area contributed by atoms with Crippen molar-refractivity contribution in [2.75, 3.05) is 6.61 Å². The Morgan fingerprint density at radius 3 is 2.15 bits per heavy atom. The molecule has 0 fully saturated rings. The molecule has 0 aliphatic carbocycles. The number of primary amides is 1. The van der Waals surface area contributed by atoms with Crippen LogP contribution in [0.4, 0.5) is 0 Å². The third-order valence-electron chi connectivity index (χ3n) is 4.23. The molecule has 0 bridgehead atoms. The first-order chi connectivity index (χ1) is 12.7. The Hall–Kier alpha value is -3.15. The van der Waals surface area contributed by atoms with Crippen LogP contribution in [0.1, 0.15) is 44.3 Å². The predicted octanol–water partition coefficient (Wildman–Crippen LogP) is 2.90. The molecular weight excluding hydrogens is 346 g/mol. The summed E-state index contributed by atoms with van der Waals surface area (Å²) in [5, 5.41) is 0. The lowest BCUT2D eigenvalue weighted by Gasteiger charge is -2.15. The number of amides is 1. The van der Waals surface area contributed by atoms with Crippen molar-refractivity contribution in [2.24, 2.45) is 5.73 Å². The standard InChI is InChI=1S/C21H23NO5/c1-12-9-14(3)18(10-13(12)2)20(24)15(4)27-21(25)16-5-7-17(8-6-16)26-11-19(22)23/h5-10,15H,11H2,1-4H3,(H2,22,23)/t15-/m1/s1. The lowest BCUT2D eigenvalue weighted by atomic mass is 9.96. The van der Waals surface area contributed by atoms with Crippen LogP contribution in [-0.2, 0) is 9.53 Å². The first kappa shape index (κ1) is 20.2. The van der Waals surface area contributed by atoms with Crippen LogP contribution in [0.3, 0.4) is 0 Å². The SMILES string of the molecule is Cc1cc(C)c(C(=O)[C@@H](C)OC(=O)c2ccc(OCC(N)=O)cc2)cc1C. The van der Waals surface area contributed by atoms with Crippen molar-refractivity contribution in [3.8, 4) is 5.75 Å². The molecule has 0 spiro atoms. The average Bonchev–Trinajstić information content (AvgIpc) is 2.62. The van der Waals surface area contributed by atoms with Gasteiger partial charge in [-0.1, -0.05) is 6.07 Å². The number of carbonyl (C=O) groups excluding carboxylic acids is 3. The molecule has 2 N–H and O–H groups in total. The van der Waals surface area contributed by atoms with Gasteiger partial charge in [-0.05, 0) is 74.7 Å². The van der Waals surface area contributed by atoms with Crippen LogP contribution >= 0.6 is 0 Å². The largest absolute Gasteiger partial charge is 0.484 e. The Kier molecular flexibility index (Phi) is 6.34. The van der Waals surface area contributed by atoms with Crippen molar-refractivity contribution in [2.45, 2.75) is 33.8 Å².